The minimum atomic E-state index is 0.364. The molecule has 0 spiro atoms. The van der Waals surface area contributed by atoms with E-state index in [-0.39, 0.29) is 0 Å². The van der Waals surface area contributed by atoms with Crippen LogP contribution in [-0.2, 0) is 12.4 Å². The van der Waals surface area contributed by atoms with Gasteiger partial charge in [-0.2, -0.15) is 0 Å². The van der Waals surface area contributed by atoms with E-state index in [1.807, 2.05) is 0 Å². The molecule has 1 heterocycles. The van der Waals surface area contributed by atoms with Crippen molar-refractivity contribution in [1.29, 1.82) is 0 Å². The zero-order chi connectivity index (χ0) is 11.8. The lowest BCUT2D eigenvalue weighted by molar-refractivity contribution is 0.189. The van der Waals surface area contributed by atoms with Crippen LogP contribution in [0.4, 0.5) is 0 Å². The Morgan fingerprint density at radius 1 is 1.38 bits per heavy atom. The maximum atomic E-state index is 4.39. The summed E-state index contributed by atoms with van der Waals surface area (Å²) in [5, 5.41) is 9.41. The second-order valence-corrected chi connectivity index (χ2v) is 6.01. The highest BCUT2D eigenvalue weighted by molar-refractivity contribution is 9.08. The second-order valence-electron chi connectivity index (χ2n) is 5.45. The largest absolute Gasteiger partial charge is 0.317 e. The number of rotatable bonds is 2. The van der Waals surface area contributed by atoms with Crippen LogP contribution in [0.25, 0.3) is 0 Å². The molecule has 0 bridgehead atoms. The van der Waals surface area contributed by atoms with Crippen molar-refractivity contribution in [2.45, 2.75) is 50.8 Å². The van der Waals surface area contributed by atoms with Crippen molar-refractivity contribution < 1.29 is 0 Å². The van der Waals surface area contributed by atoms with E-state index in [0.717, 1.165) is 11.2 Å². The smallest absolute Gasteiger partial charge is 0.143 e. The molecular weight excluding hydrogens is 266 g/mol. The van der Waals surface area contributed by atoms with Gasteiger partial charge in [-0.15, -0.1) is 10.2 Å². The van der Waals surface area contributed by atoms with E-state index in [2.05, 4.69) is 51.6 Å². The van der Waals surface area contributed by atoms with Gasteiger partial charge in [-0.05, 0) is 18.3 Å². The Kier molecular flexibility index (Phi) is 3.38. The molecule has 90 valence electrons. The van der Waals surface area contributed by atoms with Crippen molar-refractivity contribution >= 4 is 15.9 Å². The third-order valence-electron chi connectivity index (χ3n) is 3.94. The molecule has 1 atom stereocenters. The summed E-state index contributed by atoms with van der Waals surface area (Å²) in [7, 11) is 2.08. The first-order valence-corrected chi connectivity index (χ1v) is 7.12. The molecule has 1 aliphatic rings. The summed E-state index contributed by atoms with van der Waals surface area (Å²) in [5.41, 5.74) is 0.364. The van der Waals surface area contributed by atoms with Gasteiger partial charge in [-0.1, -0.05) is 42.6 Å². The van der Waals surface area contributed by atoms with Crippen molar-refractivity contribution in [1.82, 2.24) is 14.8 Å². The summed E-state index contributed by atoms with van der Waals surface area (Å²) < 4.78 is 2.16. The predicted octanol–water partition coefficient (Wildman–Crippen LogP) is 3.39. The molecule has 0 aliphatic heterocycles. The average molecular weight is 286 g/mol. The summed E-state index contributed by atoms with van der Waals surface area (Å²) in [6, 6.07) is 0. The number of hydrogen-bond donors (Lipinski definition) is 0. The van der Waals surface area contributed by atoms with Crippen LogP contribution in [0.3, 0.4) is 0 Å². The number of halogens is 1. The lowest BCUT2D eigenvalue weighted by atomic mass is 9.68. The van der Waals surface area contributed by atoms with Gasteiger partial charge in [-0.25, -0.2) is 0 Å². The monoisotopic (exact) mass is 285 g/mol. The van der Waals surface area contributed by atoms with Crippen LogP contribution in [-0.4, -0.2) is 14.8 Å². The van der Waals surface area contributed by atoms with Crippen LogP contribution in [0.1, 0.15) is 57.1 Å². The lowest BCUT2D eigenvalue weighted by Gasteiger charge is -2.37. The van der Waals surface area contributed by atoms with Gasteiger partial charge in [0.25, 0.3) is 0 Å². The van der Waals surface area contributed by atoms with Gasteiger partial charge in [-0.3, -0.25) is 0 Å². The first kappa shape index (κ1) is 12.1. The number of nitrogens with zero attached hydrogens (tertiary/aromatic N) is 3. The summed E-state index contributed by atoms with van der Waals surface area (Å²) in [4.78, 5) is 0. The Morgan fingerprint density at radius 2 is 2.12 bits per heavy atom. The third-order valence-corrected chi connectivity index (χ3v) is 4.44. The van der Waals surface area contributed by atoms with Crippen molar-refractivity contribution in [3.05, 3.63) is 11.6 Å². The number of hydrogen-bond acceptors (Lipinski definition) is 2. The Hall–Kier alpha value is -0.380. The summed E-state index contributed by atoms with van der Waals surface area (Å²) >= 11 is 3.45. The molecule has 1 aliphatic carbocycles. The van der Waals surface area contributed by atoms with Gasteiger partial charge >= 0.3 is 0 Å². The fourth-order valence-corrected chi connectivity index (χ4v) is 3.26. The molecule has 1 aromatic heterocycles. The second kappa shape index (κ2) is 4.47. The van der Waals surface area contributed by atoms with Crippen LogP contribution in [0, 0.1) is 5.41 Å². The summed E-state index contributed by atoms with van der Waals surface area (Å²) in [5.74, 6) is 2.75. The van der Waals surface area contributed by atoms with Crippen LogP contribution in [0.2, 0.25) is 0 Å². The Labute approximate surface area is 106 Å². The molecule has 1 saturated carbocycles. The molecule has 3 nitrogen and oxygen atoms in total. The van der Waals surface area contributed by atoms with Crippen LogP contribution in [0.5, 0.6) is 0 Å². The van der Waals surface area contributed by atoms with E-state index in [1.54, 1.807) is 0 Å². The molecular formula is C12H20BrN3. The quantitative estimate of drug-likeness (QED) is 0.780. The molecule has 0 radical (unpaired) electrons. The third kappa shape index (κ3) is 2.04. The summed E-state index contributed by atoms with van der Waals surface area (Å²) in [6.45, 7) is 4.72. The lowest BCUT2D eigenvalue weighted by Crippen LogP contribution is -2.28. The van der Waals surface area contributed by atoms with Gasteiger partial charge in [0.05, 0.1) is 5.33 Å². The van der Waals surface area contributed by atoms with E-state index in [9.17, 15) is 0 Å². The highest BCUT2D eigenvalue weighted by Crippen LogP contribution is 2.45. The normalized spacial score (nSPS) is 24.6. The number of aromatic nitrogens is 3. The fourth-order valence-electron chi connectivity index (χ4n) is 2.77. The zero-order valence-electron chi connectivity index (χ0n) is 10.3. The van der Waals surface area contributed by atoms with Crippen LogP contribution < -0.4 is 0 Å². The SMILES string of the molecule is Cn1c(CBr)nnc1C1CCCCC1(C)C. The van der Waals surface area contributed by atoms with E-state index >= 15 is 0 Å². The van der Waals surface area contributed by atoms with E-state index in [4.69, 9.17) is 0 Å². The standard InChI is InChI=1S/C12H20BrN3/c1-12(2)7-5-4-6-9(12)11-15-14-10(8-13)16(11)3/h9H,4-8H2,1-3H3. The van der Waals surface area contributed by atoms with Crippen molar-refractivity contribution in [3.63, 3.8) is 0 Å². The molecule has 1 unspecified atom stereocenters. The molecule has 0 amide bonds. The van der Waals surface area contributed by atoms with E-state index < -0.39 is 0 Å². The highest BCUT2D eigenvalue weighted by Gasteiger charge is 2.36. The molecule has 0 aromatic carbocycles. The van der Waals surface area contributed by atoms with E-state index in [1.165, 1.54) is 31.5 Å². The van der Waals surface area contributed by atoms with Crippen molar-refractivity contribution in [2.24, 2.45) is 12.5 Å². The predicted molar refractivity (Wildman–Crippen MR) is 68.6 cm³/mol. The minimum absolute atomic E-state index is 0.364. The molecule has 0 N–H and O–H groups in total. The minimum Gasteiger partial charge on any atom is -0.317 e. The molecule has 1 fully saturated rings. The van der Waals surface area contributed by atoms with Gasteiger partial charge in [0.1, 0.15) is 11.6 Å². The van der Waals surface area contributed by atoms with Crippen LogP contribution >= 0.6 is 15.9 Å². The average Bonchev–Trinajstić information content (AvgIpc) is 2.59. The highest BCUT2D eigenvalue weighted by atomic mass is 79.9. The van der Waals surface area contributed by atoms with Crippen LogP contribution in [0.15, 0.2) is 0 Å². The zero-order valence-corrected chi connectivity index (χ0v) is 11.9. The summed E-state index contributed by atoms with van der Waals surface area (Å²) in [6.07, 6.45) is 5.23. The fraction of sp³-hybridized carbons (Fsp3) is 0.833. The molecule has 1 aromatic rings. The van der Waals surface area contributed by atoms with Crippen molar-refractivity contribution in [3.8, 4) is 0 Å². The Morgan fingerprint density at radius 3 is 2.69 bits per heavy atom. The van der Waals surface area contributed by atoms with Gasteiger partial charge in [0.2, 0.25) is 0 Å². The first-order chi connectivity index (χ1) is 7.56. The Bertz CT molecular complexity index is 370. The van der Waals surface area contributed by atoms with Gasteiger partial charge in [0, 0.05) is 13.0 Å². The Balaban J connectivity index is 2.31. The topological polar surface area (TPSA) is 30.7 Å². The molecule has 16 heavy (non-hydrogen) atoms. The number of alkyl halides is 1. The van der Waals surface area contributed by atoms with Gasteiger partial charge in [0.15, 0.2) is 0 Å². The van der Waals surface area contributed by atoms with Gasteiger partial charge < -0.3 is 4.57 Å². The maximum absolute atomic E-state index is 4.39. The molecule has 0 saturated heterocycles. The molecule has 4 heteroatoms. The maximum Gasteiger partial charge on any atom is 0.143 e. The van der Waals surface area contributed by atoms with Crippen molar-refractivity contribution in [2.75, 3.05) is 0 Å². The van der Waals surface area contributed by atoms with E-state index in [0.29, 0.717) is 11.3 Å². The molecule has 2 rings (SSSR count). The first-order valence-electron chi connectivity index (χ1n) is 6.00.